The third-order valence-corrected chi connectivity index (χ3v) is 6.15. The van der Waals surface area contributed by atoms with E-state index >= 15 is 0 Å². The molecule has 136 valence electrons. The number of halogens is 2. The molecular formula is C15H17ClFN3O3S2. The normalized spacial score (nSPS) is 19.4. The monoisotopic (exact) mass is 405 g/mol. The fourth-order valence-electron chi connectivity index (χ4n) is 2.75. The van der Waals surface area contributed by atoms with Crippen molar-refractivity contribution in [3.8, 4) is 0 Å². The van der Waals surface area contributed by atoms with Crippen LogP contribution in [0.2, 0.25) is 5.02 Å². The third-order valence-electron chi connectivity index (χ3n) is 4.38. The minimum Gasteiger partial charge on any atom is -0.384 e. The fraction of sp³-hybridized carbons (Fsp3) is 0.467. The van der Waals surface area contributed by atoms with E-state index < -0.39 is 22.5 Å². The molecule has 0 aliphatic heterocycles. The molecule has 6 nitrogen and oxygen atoms in total. The van der Waals surface area contributed by atoms with Crippen molar-refractivity contribution in [1.82, 2.24) is 13.8 Å². The molecule has 25 heavy (non-hydrogen) atoms. The Morgan fingerprint density at radius 3 is 2.80 bits per heavy atom. The summed E-state index contributed by atoms with van der Waals surface area (Å²) in [6, 6.07) is 6.99. The Morgan fingerprint density at radius 1 is 1.52 bits per heavy atom. The maximum atomic E-state index is 15.0. The molecule has 0 saturated heterocycles. The van der Waals surface area contributed by atoms with E-state index in [1.807, 2.05) is 0 Å². The molecule has 1 N–H and O–H groups in total. The number of aliphatic hydroxyl groups is 1. The van der Waals surface area contributed by atoms with Gasteiger partial charge in [-0.25, -0.2) is 13.3 Å². The second-order valence-corrected chi connectivity index (χ2v) is 7.98. The maximum absolute atomic E-state index is 15.0. The van der Waals surface area contributed by atoms with Crippen LogP contribution < -0.4 is 0 Å². The highest BCUT2D eigenvalue weighted by Crippen LogP contribution is 2.51. The van der Waals surface area contributed by atoms with E-state index in [9.17, 15) is 13.7 Å². The summed E-state index contributed by atoms with van der Waals surface area (Å²) in [5, 5.41) is 15.6. The zero-order valence-corrected chi connectivity index (χ0v) is 15.8. The van der Waals surface area contributed by atoms with E-state index in [4.69, 9.17) is 28.0 Å². The lowest BCUT2D eigenvalue weighted by Gasteiger charge is -2.32. The topological polar surface area (TPSA) is 69.3 Å². The van der Waals surface area contributed by atoms with Crippen molar-refractivity contribution in [2.24, 2.45) is 0 Å². The average molecular weight is 406 g/mol. The highest BCUT2D eigenvalue weighted by Gasteiger charge is 2.60. The van der Waals surface area contributed by atoms with Gasteiger partial charge >= 0.3 is 0 Å². The van der Waals surface area contributed by atoms with Crippen molar-refractivity contribution in [2.45, 2.75) is 37.1 Å². The second-order valence-electron chi connectivity index (χ2n) is 6.05. The highest BCUT2D eigenvalue weighted by atomic mass is 35.5. The van der Waals surface area contributed by atoms with E-state index in [1.54, 1.807) is 24.3 Å². The van der Waals surface area contributed by atoms with Gasteiger partial charge in [0.1, 0.15) is 17.6 Å². The molecule has 2 aromatic rings. The first kappa shape index (κ1) is 18.7. The number of aromatic nitrogens is 3. The molecule has 2 unspecified atom stereocenters. The summed E-state index contributed by atoms with van der Waals surface area (Å²) in [6.45, 7) is -0.179. The zero-order chi connectivity index (χ0) is 18.2. The predicted octanol–water partition coefficient (Wildman–Crippen LogP) is 2.62. The number of rotatable bonds is 7. The van der Waals surface area contributed by atoms with E-state index in [0.717, 1.165) is 3.97 Å². The van der Waals surface area contributed by atoms with Gasteiger partial charge in [-0.3, -0.25) is 4.18 Å². The Balaban J connectivity index is 1.93. The molecule has 0 spiro atoms. The van der Waals surface area contributed by atoms with Crippen molar-refractivity contribution in [3.63, 3.8) is 0 Å². The van der Waals surface area contributed by atoms with Crippen LogP contribution in [-0.2, 0) is 28.4 Å². The highest BCUT2D eigenvalue weighted by molar-refractivity contribution is 7.79. The zero-order valence-electron chi connectivity index (χ0n) is 13.4. The molecule has 1 aliphatic rings. The number of benzene rings is 1. The first-order valence-corrected chi connectivity index (χ1v) is 9.37. The predicted molar refractivity (Wildman–Crippen MR) is 94.8 cm³/mol. The number of hydrogen-bond donors (Lipinski definition) is 1. The van der Waals surface area contributed by atoms with Crippen LogP contribution in [-0.4, -0.2) is 41.4 Å². The Bertz CT molecular complexity index is 868. The Kier molecular flexibility index (Phi) is 5.13. The van der Waals surface area contributed by atoms with E-state index in [1.165, 1.54) is 18.1 Å². The van der Waals surface area contributed by atoms with Gasteiger partial charge in [-0.15, -0.1) is 0 Å². The van der Waals surface area contributed by atoms with E-state index in [0.29, 0.717) is 10.6 Å². The molecule has 1 aromatic heterocycles. The van der Waals surface area contributed by atoms with Crippen LogP contribution in [0.1, 0.15) is 18.4 Å². The lowest BCUT2D eigenvalue weighted by molar-refractivity contribution is -0.0654. The molecule has 1 saturated carbocycles. The van der Waals surface area contributed by atoms with Crippen LogP contribution in [0.4, 0.5) is 4.39 Å². The van der Waals surface area contributed by atoms with E-state index in [-0.39, 0.29) is 30.6 Å². The number of nitrogens with zero attached hydrogens (tertiary/aromatic N) is 3. The van der Waals surface area contributed by atoms with Crippen molar-refractivity contribution < 1.29 is 17.9 Å². The van der Waals surface area contributed by atoms with Crippen LogP contribution in [0.5, 0.6) is 0 Å². The van der Waals surface area contributed by atoms with Gasteiger partial charge in [0.25, 0.3) is 11.3 Å². The van der Waals surface area contributed by atoms with Crippen LogP contribution in [0.25, 0.3) is 0 Å². The van der Waals surface area contributed by atoms with Gasteiger partial charge in [-0.05, 0) is 36.7 Å². The smallest absolute Gasteiger partial charge is 0.271 e. The van der Waals surface area contributed by atoms with Gasteiger partial charge in [0, 0.05) is 11.4 Å². The van der Waals surface area contributed by atoms with E-state index in [2.05, 4.69) is 5.10 Å². The lowest BCUT2D eigenvalue weighted by atomic mass is 9.87. The van der Waals surface area contributed by atoms with Crippen LogP contribution in [0.15, 0.2) is 30.6 Å². The molecule has 10 heteroatoms. The van der Waals surface area contributed by atoms with Crippen LogP contribution in [0, 0.1) is 4.77 Å². The summed E-state index contributed by atoms with van der Waals surface area (Å²) < 4.78 is 33.9. The Morgan fingerprint density at radius 2 is 2.20 bits per heavy atom. The summed E-state index contributed by atoms with van der Waals surface area (Å²) in [4.78, 5) is 0. The van der Waals surface area contributed by atoms with Gasteiger partial charge < -0.3 is 5.11 Å². The molecular weight excluding hydrogens is 389 g/mol. The maximum Gasteiger partial charge on any atom is 0.271 e. The van der Waals surface area contributed by atoms with Gasteiger partial charge in [0.15, 0.2) is 0 Å². The molecule has 2 atom stereocenters. The summed E-state index contributed by atoms with van der Waals surface area (Å²) >= 11 is 9.54. The average Bonchev–Trinajstić information content (AvgIpc) is 3.25. The third kappa shape index (κ3) is 3.56. The SMILES string of the molecule is COS(=O)n1cnn(CC(O)(Cc2ccccc2Cl)C2(F)CC2)c1=S. The molecule has 0 bridgehead atoms. The standard InChI is InChI=1S/C15H17ClFN3O3S2/c1-23-25(22)20-10-18-19(13(20)24)9-15(21,14(17)6-7-14)8-11-4-2-3-5-12(11)16/h2-5,10,21H,6-9H2,1H3. The molecule has 1 aromatic carbocycles. The second kappa shape index (κ2) is 6.88. The quantitative estimate of drug-likeness (QED) is 0.717. The number of hydrogen-bond acceptors (Lipinski definition) is 5. The minimum atomic E-state index is -1.82. The van der Waals surface area contributed by atoms with Crippen LogP contribution in [0.3, 0.4) is 0 Å². The summed E-state index contributed by atoms with van der Waals surface area (Å²) in [6.07, 6.45) is 1.76. The first-order valence-electron chi connectivity index (χ1n) is 7.55. The Labute approximate surface area is 157 Å². The summed E-state index contributed by atoms with van der Waals surface area (Å²) in [5.41, 5.74) is -2.82. The van der Waals surface area contributed by atoms with Crippen molar-refractivity contribution >= 4 is 35.1 Å². The fourth-order valence-corrected chi connectivity index (χ4v) is 3.79. The molecule has 3 rings (SSSR count). The molecule has 1 aliphatic carbocycles. The molecule has 1 fully saturated rings. The summed E-state index contributed by atoms with van der Waals surface area (Å²) in [5.74, 6) is 0. The lowest BCUT2D eigenvalue weighted by Crippen LogP contribution is -2.48. The van der Waals surface area contributed by atoms with Crippen molar-refractivity contribution in [1.29, 1.82) is 0 Å². The van der Waals surface area contributed by atoms with Crippen LogP contribution >= 0.6 is 23.8 Å². The van der Waals surface area contributed by atoms with Gasteiger partial charge in [-0.1, -0.05) is 29.8 Å². The summed E-state index contributed by atoms with van der Waals surface area (Å²) in [7, 11) is 1.27. The molecule has 0 radical (unpaired) electrons. The van der Waals surface area contributed by atoms with Crippen molar-refractivity contribution in [3.05, 3.63) is 45.9 Å². The Hall–Kier alpha value is -1.13. The minimum absolute atomic E-state index is 0.0190. The molecule has 0 amide bonds. The first-order chi connectivity index (χ1) is 11.8. The largest absolute Gasteiger partial charge is 0.384 e. The molecule has 1 heterocycles. The van der Waals surface area contributed by atoms with Gasteiger partial charge in [0.2, 0.25) is 4.77 Å². The van der Waals surface area contributed by atoms with Gasteiger partial charge in [0.05, 0.1) is 13.7 Å². The number of alkyl halides is 1. The van der Waals surface area contributed by atoms with Gasteiger partial charge in [-0.2, -0.15) is 9.07 Å². The van der Waals surface area contributed by atoms with Crippen molar-refractivity contribution in [2.75, 3.05) is 7.11 Å².